The van der Waals surface area contributed by atoms with E-state index in [0.717, 1.165) is 17.5 Å². The number of hydrogen-bond acceptors (Lipinski definition) is 1. The third kappa shape index (κ3) is 3.69. The summed E-state index contributed by atoms with van der Waals surface area (Å²) >= 11 is 6.08. The van der Waals surface area contributed by atoms with Crippen molar-refractivity contribution in [3.05, 3.63) is 53.3 Å². The van der Waals surface area contributed by atoms with Crippen molar-refractivity contribution >= 4 is 11.6 Å². The summed E-state index contributed by atoms with van der Waals surface area (Å²) in [6.07, 6.45) is 3.55. The van der Waals surface area contributed by atoms with Crippen LogP contribution < -0.4 is 4.74 Å². The van der Waals surface area contributed by atoms with Crippen molar-refractivity contribution in [2.75, 3.05) is 6.61 Å². The highest BCUT2D eigenvalue weighted by atomic mass is 35.5. The molecule has 1 atom stereocenters. The van der Waals surface area contributed by atoms with Gasteiger partial charge in [-0.15, -0.1) is 11.6 Å². The fraction of sp³-hybridized carbons (Fsp3) is 0.455. The molecule has 1 fully saturated rings. The third-order valence-electron chi connectivity index (χ3n) is 5.44. The van der Waals surface area contributed by atoms with Crippen LogP contribution in [0, 0.1) is 11.2 Å². The van der Waals surface area contributed by atoms with Gasteiger partial charge >= 0.3 is 0 Å². The van der Waals surface area contributed by atoms with Crippen LogP contribution in [0.5, 0.6) is 5.75 Å². The monoisotopic (exact) mass is 360 g/mol. The number of benzene rings is 2. The summed E-state index contributed by atoms with van der Waals surface area (Å²) in [6.45, 7) is 7.13. The molecular weight excluding hydrogens is 335 g/mol. The molecule has 2 aromatic rings. The quantitative estimate of drug-likeness (QED) is 0.525. The molecule has 0 spiro atoms. The molecule has 3 heteroatoms. The van der Waals surface area contributed by atoms with E-state index in [9.17, 15) is 4.39 Å². The predicted octanol–water partition coefficient (Wildman–Crippen LogP) is 6.92. The van der Waals surface area contributed by atoms with Crippen molar-refractivity contribution in [2.45, 2.75) is 51.8 Å². The predicted molar refractivity (Wildman–Crippen MR) is 103 cm³/mol. The summed E-state index contributed by atoms with van der Waals surface area (Å²) in [4.78, 5) is 0. The lowest BCUT2D eigenvalue weighted by Gasteiger charge is -2.30. The summed E-state index contributed by atoms with van der Waals surface area (Å²) in [5, 5.41) is 0. The zero-order chi connectivity index (χ0) is 18.0. The standard InChI is InChI=1S/C22H26ClFO/c1-4-25-16-8-10-21(24)19(13-16)17-9-7-15(14-23)12-18(17)20-6-5-11-22(20,2)3/h7-10,12-13,20H,4-6,11,14H2,1-3H3/t20-/m0/s1. The van der Waals surface area contributed by atoms with Gasteiger partial charge in [0.1, 0.15) is 11.6 Å². The first-order chi connectivity index (χ1) is 12.0. The van der Waals surface area contributed by atoms with Crippen LogP contribution in [0.4, 0.5) is 4.39 Å². The Balaban J connectivity index is 2.15. The molecule has 25 heavy (non-hydrogen) atoms. The number of ether oxygens (including phenoxy) is 1. The Labute approximate surface area is 155 Å². The normalized spacial score (nSPS) is 19.2. The molecule has 0 amide bonds. The van der Waals surface area contributed by atoms with Gasteiger partial charge in [0.05, 0.1) is 6.61 Å². The minimum atomic E-state index is -0.209. The number of rotatable bonds is 5. The number of hydrogen-bond donors (Lipinski definition) is 0. The number of alkyl halides is 1. The fourth-order valence-electron chi connectivity index (χ4n) is 4.10. The second kappa shape index (κ2) is 7.37. The molecule has 0 N–H and O–H groups in total. The van der Waals surface area contributed by atoms with Crippen molar-refractivity contribution in [1.82, 2.24) is 0 Å². The zero-order valence-corrected chi connectivity index (χ0v) is 16.0. The topological polar surface area (TPSA) is 9.23 Å². The fourth-order valence-corrected chi connectivity index (χ4v) is 4.27. The highest BCUT2D eigenvalue weighted by Gasteiger charge is 2.37. The molecule has 1 saturated carbocycles. The van der Waals surface area contributed by atoms with Crippen LogP contribution in [0.2, 0.25) is 0 Å². The lowest BCUT2D eigenvalue weighted by Crippen LogP contribution is -2.16. The first-order valence-corrected chi connectivity index (χ1v) is 9.61. The molecule has 0 aliphatic heterocycles. The van der Waals surface area contributed by atoms with Gasteiger partial charge in [-0.2, -0.15) is 0 Å². The van der Waals surface area contributed by atoms with Gasteiger partial charge in [-0.05, 0) is 66.0 Å². The number of halogens is 2. The van der Waals surface area contributed by atoms with E-state index in [-0.39, 0.29) is 11.2 Å². The Morgan fingerprint density at radius 1 is 1.16 bits per heavy atom. The van der Waals surface area contributed by atoms with Crippen molar-refractivity contribution in [1.29, 1.82) is 0 Å². The summed E-state index contributed by atoms with van der Waals surface area (Å²) in [5.41, 5.74) is 4.10. The second-order valence-electron chi connectivity index (χ2n) is 7.56. The molecule has 0 bridgehead atoms. The molecule has 1 nitrogen and oxygen atoms in total. The summed E-state index contributed by atoms with van der Waals surface area (Å²) in [6, 6.07) is 11.2. The van der Waals surface area contributed by atoms with Crippen molar-refractivity contribution in [2.24, 2.45) is 5.41 Å². The van der Waals surface area contributed by atoms with E-state index in [1.165, 1.54) is 24.5 Å². The minimum absolute atomic E-state index is 0.209. The molecular formula is C22H26ClFO. The molecule has 0 saturated heterocycles. The van der Waals surface area contributed by atoms with Crippen molar-refractivity contribution in [3.63, 3.8) is 0 Å². The third-order valence-corrected chi connectivity index (χ3v) is 5.75. The Kier molecular flexibility index (Phi) is 5.38. The van der Waals surface area contributed by atoms with Crippen LogP contribution in [0.25, 0.3) is 11.1 Å². The molecule has 134 valence electrons. The SMILES string of the molecule is CCOc1ccc(F)c(-c2ccc(CCl)cc2[C@@H]2CCCC2(C)C)c1. The first-order valence-electron chi connectivity index (χ1n) is 9.07. The maximum absolute atomic E-state index is 14.7. The van der Waals surface area contributed by atoms with E-state index in [1.807, 2.05) is 25.1 Å². The zero-order valence-electron chi connectivity index (χ0n) is 15.2. The Hall–Kier alpha value is -1.54. The molecule has 0 unspecified atom stereocenters. The van der Waals surface area contributed by atoms with Crippen LogP contribution >= 0.6 is 11.6 Å². The Morgan fingerprint density at radius 3 is 2.60 bits per heavy atom. The lowest BCUT2D eigenvalue weighted by molar-refractivity contribution is 0.332. The van der Waals surface area contributed by atoms with Crippen LogP contribution in [0.15, 0.2) is 36.4 Å². The van der Waals surface area contributed by atoms with E-state index in [0.29, 0.717) is 29.7 Å². The largest absolute Gasteiger partial charge is 0.494 e. The molecule has 0 aromatic heterocycles. The van der Waals surface area contributed by atoms with Gasteiger partial charge in [0, 0.05) is 11.4 Å². The van der Waals surface area contributed by atoms with E-state index < -0.39 is 0 Å². The van der Waals surface area contributed by atoms with E-state index in [4.69, 9.17) is 16.3 Å². The average molecular weight is 361 g/mol. The van der Waals surface area contributed by atoms with Crippen LogP contribution in [0.3, 0.4) is 0 Å². The molecule has 2 aromatic carbocycles. The summed E-state index contributed by atoms with van der Waals surface area (Å²) in [5.74, 6) is 1.39. The summed E-state index contributed by atoms with van der Waals surface area (Å²) < 4.78 is 20.2. The van der Waals surface area contributed by atoms with Gasteiger partial charge in [-0.1, -0.05) is 38.5 Å². The highest BCUT2D eigenvalue weighted by Crippen LogP contribution is 2.51. The maximum atomic E-state index is 14.7. The van der Waals surface area contributed by atoms with Crippen molar-refractivity contribution < 1.29 is 9.13 Å². The van der Waals surface area contributed by atoms with Gasteiger partial charge in [-0.25, -0.2) is 4.39 Å². The van der Waals surface area contributed by atoms with Gasteiger partial charge < -0.3 is 4.74 Å². The van der Waals surface area contributed by atoms with Gasteiger partial charge in [0.2, 0.25) is 0 Å². The molecule has 0 heterocycles. The van der Waals surface area contributed by atoms with Crippen molar-refractivity contribution in [3.8, 4) is 16.9 Å². The summed E-state index contributed by atoms with van der Waals surface area (Å²) in [7, 11) is 0. The van der Waals surface area contributed by atoms with Crippen LogP contribution in [-0.4, -0.2) is 6.61 Å². The second-order valence-corrected chi connectivity index (χ2v) is 7.83. The first kappa shape index (κ1) is 18.3. The van der Waals surface area contributed by atoms with E-state index >= 15 is 0 Å². The maximum Gasteiger partial charge on any atom is 0.131 e. The van der Waals surface area contributed by atoms with Crippen LogP contribution in [-0.2, 0) is 5.88 Å². The minimum Gasteiger partial charge on any atom is -0.494 e. The van der Waals surface area contributed by atoms with Gasteiger partial charge in [0.15, 0.2) is 0 Å². The highest BCUT2D eigenvalue weighted by molar-refractivity contribution is 6.17. The lowest BCUT2D eigenvalue weighted by atomic mass is 9.75. The average Bonchev–Trinajstić information content (AvgIpc) is 2.95. The Morgan fingerprint density at radius 2 is 1.96 bits per heavy atom. The smallest absolute Gasteiger partial charge is 0.131 e. The van der Waals surface area contributed by atoms with E-state index in [2.05, 4.69) is 19.9 Å². The molecule has 0 radical (unpaired) electrons. The molecule has 1 aliphatic rings. The Bertz CT molecular complexity index is 754. The molecule has 1 aliphatic carbocycles. The van der Waals surface area contributed by atoms with E-state index in [1.54, 1.807) is 6.07 Å². The van der Waals surface area contributed by atoms with Crippen LogP contribution in [0.1, 0.15) is 57.1 Å². The molecule has 3 rings (SSSR count). The van der Waals surface area contributed by atoms with Gasteiger partial charge in [0.25, 0.3) is 0 Å². The van der Waals surface area contributed by atoms with Gasteiger partial charge in [-0.3, -0.25) is 0 Å².